The van der Waals surface area contributed by atoms with Gasteiger partial charge in [0.1, 0.15) is 0 Å². The zero-order chi connectivity index (χ0) is 12.9. The molecule has 0 saturated carbocycles. The van der Waals surface area contributed by atoms with Crippen molar-refractivity contribution in [3.8, 4) is 11.8 Å². The van der Waals surface area contributed by atoms with Gasteiger partial charge >= 0.3 is 6.18 Å². The van der Waals surface area contributed by atoms with Crippen LogP contribution in [0.25, 0.3) is 0 Å². The molecule has 0 saturated heterocycles. The molecule has 17 heavy (non-hydrogen) atoms. The van der Waals surface area contributed by atoms with Crippen molar-refractivity contribution >= 4 is 15.9 Å². The number of rotatable bonds is 2. The minimum atomic E-state index is -4.35. The summed E-state index contributed by atoms with van der Waals surface area (Å²) < 4.78 is 38.6. The first kappa shape index (κ1) is 14.1. The molecule has 0 aliphatic rings. The highest BCUT2D eigenvalue weighted by Gasteiger charge is 2.32. The van der Waals surface area contributed by atoms with E-state index >= 15 is 0 Å². The van der Waals surface area contributed by atoms with E-state index in [9.17, 15) is 13.2 Å². The molecule has 0 unspecified atom stereocenters. The summed E-state index contributed by atoms with van der Waals surface area (Å²) in [5.41, 5.74) is -0.646. The average molecular weight is 305 g/mol. The Kier molecular flexibility index (Phi) is 5.07. The van der Waals surface area contributed by atoms with Crippen LogP contribution in [0.4, 0.5) is 13.2 Å². The predicted molar refractivity (Wildman–Crippen MR) is 65.5 cm³/mol. The van der Waals surface area contributed by atoms with Crippen LogP contribution in [0.2, 0.25) is 0 Å². The van der Waals surface area contributed by atoms with Gasteiger partial charge < -0.3 is 0 Å². The lowest BCUT2D eigenvalue weighted by atomic mass is 10.1. The van der Waals surface area contributed by atoms with E-state index in [1.54, 1.807) is 0 Å². The maximum atomic E-state index is 12.7. The standard InChI is InChI=1S/C13H12BrF3/c1-2-3-4-5-6-10-9-11(14)7-8-12(10)13(15,16)17/h7-9H,2-4H2,1H3. The lowest BCUT2D eigenvalue weighted by Gasteiger charge is -2.09. The first-order chi connectivity index (χ1) is 7.95. The zero-order valence-electron chi connectivity index (χ0n) is 9.37. The van der Waals surface area contributed by atoms with Crippen LogP contribution in [0.3, 0.4) is 0 Å². The zero-order valence-corrected chi connectivity index (χ0v) is 11.0. The van der Waals surface area contributed by atoms with Crippen LogP contribution < -0.4 is 0 Å². The Hall–Kier alpha value is -0.950. The highest BCUT2D eigenvalue weighted by atomic mass is 79.9. The van der Waals surface area contributed by atoms with Crippen LogP contribution in [0, 0.1) is 11.8 Å². The Labute approximate surface area is 107 Å². The fourth-order valence-corrected chi connectivity index (χ4v) is 1.65. The van der Waals surface area contributed by atoms with E-state index in [2.05, 4.69) is 27.8 Å². The lowest BCUT2D eigenvalue weighted by Crippen LogP contribution is -2.07. The van der Waals surface area contributed by atoms with Crippen molar-refractivity contribution in [1.29, 1.82) is 0 Å². The third-order valence-electron chi connectivity index (χ3n) is 2.17. The molecular weight excluding hydrogens is 293 g/mol. The van der Waals surface area contributed by atoms with E-state index < -0.39 is 11.7 Å². The second-order valence-electron chi connectivity index (χ2n) is 3.59. The molecule has 4 heteroatoms. The molecule has 1 rings (SSSR count). The number of unbranched alkanes of at least 4 members (excludes halogenated alkanes) is 2. The van der Waals surface area contributed by atoms with Gasteiger partial charge in [-0.3, -0.25) is 0 Å². The van der Waals surface area contributed by atoms with Crippen molar-refractivity contribution in [2.75, 3.05) is 0 Å². The molecule has 1 aromatic rings. The van der Waals surface area contributed by atoms with Crippen molar-refractivity contribution in [2.24, 2.45) is 0 Å². The number of hydrogen-bond donors (Lipinski definition) is 0. The van der Waals surface area contributed by atoms with Gasteiger partial charge in [0.2, 0.25) is 0 Å². The summed E-state index contributed by atoms with van der Waals surface area (Å²) in [4.78, 5) is 0. The van der Waals surface area contributed by atoms with Crippen molar-refractivity contribution in [2.45, 2.75) is 32.4 Å². The van der Waals surface area contributed by atoms with Gasteiger partial charge in [-0.05, 0) is 24.6 Å². The molecule has 1 aromatic carbocycles. The van der Waals surface area contributed by atoms with Gasteiger partial charge in [0.25, 0.3) is 0 Å². The van der Waals surface area contributed by atoms with Crippen molar-refractivity contribution in [3.63, 3.8) is 0 Å². The van der Waals surface area contributed by atoms with Gasteiger partial charge in [0.15, 0.2) is 0 Å². The van der Waals surface area contributed by atoms with Crippen LogP contribution in [0.15, 0.2) is 22.7 Å². The van der Waals surface area contributed by atoms with Crippen LogP contribution in [0.1, 0.15) is 37.3 Å². The minimum absolute atomic E-state index is 0.0305. The van der Waals surface area contributed by atoms with Gasteiger partial charge in [-0.2, -0.15) is 13.2 Å². The summed E-state index contributed by atoms with van der Waals surface area (Å²) >= 11 is 3.15. The Morgan fingerprint density at radius 1 is 1.29 bits per heavy atom. The Morgan fingerprint density at radius 3 is 2.59 bits per heavy atom. The van der Waals surface area contributed by atoms with E-state index in [1.807, 2.05) is 6.92 Å². The highest BCUT2D eigenvalue weighted by molar-refractivity contribution is 9.10. The number of benzene rings is 1. The maximum Gasteiger partial charge on any atom is 0.417 e. The Morgan fingerprint density at radius 2 is 2.00 bits per heavy atom. The fraction of sp³-hybridized carbons (Fsp3) is 0.385. The van der Waals surface area contributed by atoms with E-state index in [1.165, 1.54) is 12.1 Å². The summed E-state index contributed by atoms with van der Waals surface area (Å²) in [6, 6.07) is 3.83. The number of alkyl halides is 3. The Bertz CT molecular complexity index is 438. The van der Waals surface area contributed by atoms with Gasteiger partial charge in [0.05, 0.1) is 5.56 Å². The third-order valence-corrected chi connectivity index (χ3v) is 2.66. The molecule has 0 aromatic heterocycles. The molecule has 0 atom stereocenters. The fourth-order valence-electron chi connectivity index (χ4n) is 1.29. The molecule has 0 spiro atoms. The molecule has 0 aliphatic carbocycles. The van der Waals surface area contributed by atoms with Gasteiger partial charge in [-0.25, -0.2) is 0 Å². The van der Waals surface area contributed by atoms with E-state index in [4.69, 9.17) is 0 Å². The summed E-state index contributed by atoms with van der Waals surface area (Å²) in [5, 5.41) is 0. The van der Waals surface area contributed by atoms with Gasteiger partial charge in [-0.15, -0.1) is 0 Å². The minimum Gasteiger partial charge on any atom is -0.166 e. The molecule has 0 radical (unpaired) electrons. The quantitative estimate of drug-likeness (QED) is 0.532. The molecule has 0 aliphatic heterocycles. The third kappa shape index (κ3) is 4.43. The number of hydrogen-bond acceptors (Lipinski definition) is 0. The van der Waals surface area contributed by atoms with Crippen LogP contribution >= 0.6 is 15.9 Å². The molecule has 0 fully saturated rings. The highest BCUT2D eigenvalue weighted by Crippen LogP contribution is 2.32. The van der Waals surface area contributed by atoms with Crippen molar-refractivity contribution in [1.82, 2.24) is 0 Å². The normalized spacial score (nSPS) is 10.9. The monoisotopic (exact) mass is 304 g/mol. The lowest BCUT2D eigenvalue weighted by molar-refractivity contribution is -0.137. The predicted octanol–water partition coefficient (Wildman–Crippen LogP) is 5.01. The maximum absolute atomic E-state index is 12.7. The second kappa shape index (κ2) is 6.11. The molecule has 0 amide bonds. The first-order valence-corrected chi connectivity index (χ1v) is 6.10. The molecule has 0 N–H and O–H groups in total. The van der Waals surface area contributed by atoms with Crippen molar-refractivity contribution in [3.05, 3.63) is 33.8 Å². The first-order valence-electron chi connectivity index (χ1n) is 5.30. The molecule has 92 valence electrons. The average Bonchev–Trinajstić information content (AvgIpc) is 2.23. The molecule has 0 nitrogen and oxygen atoms in total. The molecule has 0 heterocycles. The van der Waals surface area contributed by atoms with E-state index in [-0.39, 0.29) is 5.56 Å². The summed E-state index contributed by atoms with van der Waals surface area (Å²) in [6.07, 6.45) is -1.84. The van der Waals surface area contributed by atoms with Crippen LogP contribution in [0.5, 0.6) is 0 Å². The van der Waals surface area contributed by atoms with Crippen molar-refractivity contribution < 1.29 is 13.2 Å². The largest absolute Gasteiger partial charge is 0.417 e. The van der Waals surface area contributed by atoms with E-state index in [0.29, 0.717) is 10.9 Å². The number of halogens is 4. The summed E-state index contributed by atoms with van der Waals surface area (Å²) in [5.74, 6) is 5.37. The van der Waals surface area contributed by atoms with Gasteiger partial charge in [0, 0.05) is 16.5 Å². The summed E-state index contributed by atoms with van der Waals surface area (Å²) in [6.45, 7) is 2.02. The second-order valence-corrected chi connectivity index (χ2v) is 4.51. The SMILES string of the molecule is CCCCC#Cc1cc(Br)ccc1C(F)(F)F. The Balaban J connectivity index is 3.02. The van der Waals surface area contributed by atoms with Gasteiger partial charge in [-0.1, -0.05) is 41.1 Å². The molecule has 0 bridgehead atoms. The molecular formula is C13H12BrF3. The van der Waals surface area contributed by atoms with Crippen LogP contribution in [-0.2, 0) is 6.18 Å². The smallest absolute Gasteiger partial charge is 0.166 e. The van der Waals surface area contributed by atoms with E-state index in [0.717, 1.165) is 18.9 Å². The topological polar surface area (TPSA) is 0 Å². The van der Waals surface area contributed by atoms with Crippen LogP contribution in [-0.4, -0.2) is 0 Å². The summed E-state index contributed by atoms with van der Waals surface area (Å²) in [7, 11) is 0.